The fraction of sp³-hybridized carbons (Fsp3) is 0.0769. The fourth-order valence-corrected chi connectivity index (χ4v) is 6.96. The first-order chi connectivity index (χ1) is 24.4. The van der Waals surface area contributed by atoms with Crippen molar-refractivity contribution in [2.75, 3.05) is 24.9 Å². The molecule has 0 aliphatic carbocycles. The number of methoxy groups -OCH3 is 2. The number of nitrogens with one attached hydrogen (secondary N) is 3. The van der Waals surface area contributed by atoms with E-state index in [1.54, 1.807) is 81.0 Å². The number of benzene rings is 5. The first-order valence-corrected chi connectivity index (χ1v) is 17.2. The number of nitrogens with zero attached hydrogens (tertiary/aromatic N) is 1. The van der Waals surface area contributed by atoms with Gasteiger partial charge in [0.15, 0.2) is 5.13 Å². The summed E-state index contributed by atoms with van der Waals surface area (Å²) in [5, 5.41) is 8.52. The first kappa shape index (κ1) is 34.0. The molecule has 1 heterocycles. The second-order valence-corrected chi connectivity index (χ2v) is 13.1. The van der Waals surface area contributed by atoms with Crippen molar-refractivity contribution in [2.45, 2.75) is 10.1 Å². The van der Waals surface area contributed by atoms with Gasteiger partial charge in [-0.05, 0) is 77.9 Å². The third kappa shape index (κ3) is 8.56. The fourth-order valence-electron chi connectivity index (χ4n) is 4.98. The summed E-state index contributed by atoms with van der Waals surface area (Å²) in [5.41, 5.74) is 3.16. The molecular formula is C39H32N4O5S2. The van der Waals surface area contributed by atoms with Gasteiger partial charge in [0.25, 0.3) is 11.8 Å². The van der Waals surface area contributed by atoms with E-state index in [1.807, 2.05) is 66.7 Å². The van der Waals surface area contributed by atoms with Gasteiger partial charge in [0, 0.05) is 16.1 Å². The Morgan fingerprint density at radius 3 is 2.24 bits per heavy atom. The third-order valence-corrected chi connectivity index (χ3v) is 9.63. The van der Waals surface area contributed by atoms with Crippen LogP contribution in [0, 0.1) is 0 Å². The number of aromatic nitrogens is 1. The molecule has 50 heavy (non-hydrogen) atoms. The maximum Gasteiger partial charge on any atom is 0.272 e. The van der Waals surface area contributed by atoms with E-state index in [-0.39, 0.29) is 11.6 Å². The minimum atomic E-state index is -0.627. The summed E-state index contributed by atoms with van der Waals surface area (Å²) < 4.78 is 11.6. The van der Waals surface area contributed by atoms with Crippen LogP contribution in [0.4, 0.5) is 10.8 Å². The minimum absolute atomic E-state index is 0.0418. The topological polar surface area (TPSA) is 119 Å². The summed E-state index contributed by atoms with van der Waals surface area (Å²) in [6, 6.07) is 38.1. The van der Waals surface area contributed by atoms with Crippen molar-refractivity contribution in [1.29, 1.82) is 0 Å². The molecule has 0 aliphatic rings. The second-order valence-electron chi connectivity index (χ2n) is 10.9. The van der Waals surface area contributed by atoms with Crippen molar-refractivity contribution >= 4 is 67.9 Å². The molecule has 9 nitrogen and oxygen atoms in total. The van der Waals surface area contributed by atoms with Gasteiger partial charge in [-0.15, -0.1) is 11.8 Å². The average Bonchev–Trinajstić information content (AvgIpc) is 3.55. The van der Waals surface area contributed by atoms with Crippen LogP contribution in [0.3, 0.4) is 0 Å². The molecule has 0 saturated carbocycles. The van der Waals surface area contributed by atoms with Crippen molar-refractivity contribution in [3.05, 3.63) is 150 Å². The Hall–Kier alpha value is -5.91. The molecule has 3 N–H and O–H groups in total. The number of amides is 3. The summed E-state index contributed by atoms with van der Waals surface area (Å²) in [7, 11) is 3.16. The third-order valence-electron chi connectivity index (χ3n) is 7.45. The normalized spacial score (nSPS) is 11.8. The van der Waals surface area contributed by atoms with Crippen molar-refractivity contribution in [3.8, 4) is 11.5 Å². The van der Waals surface area contributed by atoms with Gasteiger partial charge >= 0.3 is 0 Å². The molecule has 3 amide bonds. The number of carbonyl (C=O) groups excluding carboxylic acids is 3. The lowest BCUT2D eigenvalue weighted by Crippen LogP contribution is -2.30. The minimum Gasteiger partial charge on any atom is -0.497 e. The Morgan fingerprint density at radius 1 is 0.760 bits per heavy atom. The molecule has 250 valence electrons. The smallest absolute Gasteiger partial charge is 0.272 e. The molecule has 0 saturated heterocycles. The highest BCUT2D eigenvalue weighted by Gasteiger charge is 2.24. The number of carbonyl (C=O) groups is 3. The number of thioether (sulfide) groups is 1. The van der Waals surface area contributed by atoms with Gasteiger partial charge in [-0.1, -0.05) is 78.1 Å². The Balaban J connectivity index is 1.23. The molecule has 11 heteroatoms. The van der Waals surface area contributed by atoms with Crippen LogP contribution < -0.4 is 25.4 Å². The number of hydrogen-bond donors (Lipinski definition) is 3. The van der Waals surface area contributed by atoms with Gasteiger partial charge < -0.3 is 25.4 Å². The van der Waals surface area contributed by atoms with E-state index in [0.29, 0.717) is 33.4 Å². The van der Waals surface area contributed by atoms with Crippen LogP contribution in [0.15, 0.2) is 138 Å². The van der Waals surface area contributed by atoms with Gasteiger partial charge in [-0.3, -0.25) is 14.4 Å². The molecular weight excluding hydrogens is 669 g/mol. The van der Waals surface area contributed by atoms with E-state index in [1.165, 1.54) is 23.1 Å². The Bertz CT molecular complexity index is 2170. The maximum atomic E-state index is 13.8. The molecule has 0 aliphatic heterocycles. The van der Waals surface area contributed by atoms with Crippen LogP contribution in [0.25, 0.3) is 16.3 Å². The summed E-state index contributed by atoms with van der Waals surface area (Å²) in [5.74, 6) is 0.129. The molecule has 5 aromatic carbocycles. The Labute approximate surface area is 297 Å². The molecule has 6 rings (SSSR count). The Kier molecular flexibility index (Phi) is 10.9. The van der Waals surface area contributed by atoms with E-state index < -0.39 is 17.1 Å². The van der Waals surface area contributed by atoms with Crippen molar-refractivity contribution in [3.63, 3.8) is 0 Å². The monoisotopic (exact) mass is 700 g/mol. The standard InChI is InChI=1S/C39H32N4O5S2/c1-47-29-17-9-11-25(21-29)22-33(41-36(44)27-14-7-4-8-15-27)37(45)40-28-16-10-18-31(23-28)49-35(26-12-5-3-6-13-26)38(46)43-39-42-32-20-19-30(48-2)24-34(32)50-39/h3-24,35H,1-2H3,(H,40,45)(H,41,44)(H,42,43,46)/b33-22-. The summed E-state index contributed by atoms with van der Waals surface area (Å²) >= 11 is 2.71. The van der Waals surface area contributed by atoms with Crippen LogP contribution in [0.2, 0.25) is 0 Å². The summed E-state index contributed by atoms with van der Waals surface area (Å²) in [6.07, 6.45) is 1.59. The number of hydrogen-bond acceptors (Lipinski definition) is 8. The molecule has 0 bridgehead atoms. The highest BCUT2D eigenvalue weighted by molar-refractivity contribution is 8.00. The van der Waals surface area contributed by atoms with Crippen LogP contribution in [-0.4, -0.2) is 36.9 Å². The Morgan fingerprint density at radius 2 is 1.48 bits per heavy atom. The molecule has 1 aromatic heterocycles. The van der Waals surface area contributed by atoms with E-state index in [4.69, 9.17) is 9.47 Å². The lowest BCUT2D eigenvalue weighted by molar-refractivity contribution is -0.116. The molecule has 0 fully saturated rings. The summed E-state index contributed by atoms with van der Waals surface area (Å²) in [4.78, 5) is 45.9. The average molecular weight is 701 g/mol. The van der Waals surface area contributed by atoms with Crippen molar-refractivity contribution in [1.82, 2.24) is 10.3 Å². The van der Waals surface area contributed by atoms with Crippen LogP contribution in [0.1, 0.15) is 26.7 Å². The van der Waals surface area contributed by atoms with Gasteiger partial charge in [0.05, 0.1) is 24.4 Å². The summed E-state index contributed by atoms with van der Waals surface area (Å²) in [6.45, 7) is 0. The number of fused-ring (bicyclic) bond motifs is 1. The lowest BCUT2D eigenvalue weighted by atomic mass is 10.1. The lowest BCUT2D eigenvalue weighted by Gasteiger charge is -2.17. The van der Waals surface area contributed by atoms with Crippen LogP contribution >= 0.6 is 23.1 Å². The van der Waals surface area contributed by atoms with E-state index in [0.717, 1.165) is 20.7 Å². The van der Waals surface area contributed by atoms with Crippen molar-refractivity contribution in [2.24, 2.45) is 0 Å². The predicted octanol–water partition coefficient (Wildman–Crippen LogP) is 8.20. The number of rotatable bonds is 12. The van der Waals surface area contributed by atoms with E-state index >= 15 is 0 Å². The second kappa shape index (κ2) is 16.0. The van der Waals surface area contributed by atoms with Gasteiger partial charge in [-0.25, -0.2) is 4.98 Å². The molecule has 6 aromatic rings. The number of anilines is 2. The SMILES string of the molecule is COc1cccc(/C=C(\NC(=O)c2ccccc2)C(=O)Nc2cccc(SC(C(=O)Nc3nc4ccc(OC)cc4s3)c3ccccc3)c2)c1. The zero-order valence-corrected chi connectivity index (χ0v) is 28.7. The molecule has 1 unspecified atom stereocenters. The molecule has 1 atom stereocenters. The highest BCUT2D eigenvalue weighted by atomic mass is 32.2. The quantitative estimate of drug-likeness (QED) is 0.0870. The number of ether oxygens (including phenoxy) is 2. The maximum absolute atomic E-state index is 13.8. The van der Waals surface area contributed by atoms with Crippen LogP contribution in [0.5, 0.6) is 11.5 Å². The van der Waals surface area contributed by atoms with Gasteiger partial charge in [0.1, 0.15) is 22.4 Å². The zero-order valence-electron chi connectivity index (χ0n) is 27.1. The highest BCUT2D eigenvalue weighted by Crippen LogP contribution is 2.38. The first-order valence-electron chi connectivity index (χ1n) is 15.5. The number of thiazole rings is 1. The van der Waals surface area contributed by atoms with Crippen LogP contribution in [-0.2, 0) is 9.59 Å². The molecule has 0 spiro atoms. The molecule has 0 radical (unpaired) electrons. The zero-order chi connectivity index (χ0) is 34.9. The van der Waals surface area contributed by atoms with E-state index in [2.05, 4.69) is 20.9 Å². The largest absolute Gasteiger partial charge is 0.497 e. The van der Waals surface area contributed by atoms with Crippen molar-refractivity contribution < 1.29 is 23.9 Å². The van der Waals surface area contributed by atoms with Gasteiger partial charge in [-0.2, -0.15) is 0 Å². The predicted molar refractivity (Wildman–Crippen MR) is 200 cm³/mol. The van der Waals surface area contributed by atoms with Gasteiger partial charge in [0.2, 0.25) is 5.91 Å². The van der Waals surface area contributed by atoms with E-state index in [9.17, 15) is 14.4 Å².